The van der Waals surface area contributed by atoms with Crippen LogP contribution in [-0.2, 0) is 9.53 Å². The van der Waals surface area contributed by atoms with Crippen molar-refractivity contribution < 1.29 is 9.53 Å². The van der Waals surface area contributed by atoms with Gasteiger partial charge in [0.25, 0.3) is 0 Å². The number of carbonyl (C=O) groups is 1. The molecule has 116 valence electrons. The van der Waals surface area contributed by atoms with Crippen LogP contribution in [0.25, 0.3) is 0 Å². The number of rotatable bonds is 7. The molecule has 0 aromatic carbocycles. The fourth-order valence-electron chi connectivity index (χ4n) is 3.45. The molecule has 2 rings (SSSR count). The van der Waals surface area contributed by atoms with Gasteiger partial charge >= 0.3 is 0 Å². The molecule has 4 heteroatoms. The average molecular weight is 282 g/mol. The zero-order valence-corrected chi connectivity index (χ0v) is 12.7. The molecule has 2 N–H and O–H groups in total. The third-order valence-corrected chi connectivity index (χ3v) is 4.64. The second-order valence-corrected chi connectivity index (χ2v) is 6.19. The second-order valence-electron chi connectivity index (χ2n) is 6.19. The molecular formula is C16H30N2O2. The fourth-order valence-corrected chi connectivity index (χ4v) is 3.45. The number of ether oxygens (including phenoxy) is 1. The van der Waals surface area contributed by atoms with E-state index in [9.17, 15) is 4.79 Å². The molecule has 20 heavy (non-hydrogen) atoms. The van der Waals surface area contributed by atoms with Crippen molar-refractivity contribution in [3.8, 4) is 0 Å². The summed E-state index contributed by atoms with van der Waals surface area (Å²) in [4.78, 5) is 14.6. The van der Waals surface area contributed by atoms with Crippen LogP contribution in [0.5, 0.6) is 0 Å². The summed E-state index contributed by atoms with van der Waals surface area (Å²) in [6.07, 6.45) is 11.2. The minimum Gasteiger partial charge on any atom is -0.378 e. The summed E-state index contributed by atoms with van der Waals surface area (Å²) in [5.74, 6) is 0.319. The van der Waals surface area contributed by atoms with Gasteiger partial charge in [0.15, 0.2) is 0 Å². The largest absolute Gasteiger partial charge is 0.378 e. The Kier molecular flexibility index (Phi) is 6.80. The van der Waals surface area contributed by atoms with Crippen LogP contribution in [0, 0.1) is 0 Å². The molecule has 1 heterocycles. The van der Waals surface area contributed by atoms with Gasteiger partial charge < -0.3 is 15.4 Å². The normalized spacial score (nSPS) is 23.9. The first kappa shape index (κ1) is 15.8. The SMILES string of the molecule is NCCCN(C(=O)CCC1CCCCO1)C1CCCC1. The third kappa shape index (κ3) is 4.74. The lowest BCUT2D eigenvalue weighted by molar-refractivity contribution is -0.134. The van der Waals surface area contributed by atoms with Gasteiger partial charge in [-0.05, 0) is 51.5 Å². The van der Waals surface area contributed by atoms with Gasteiger partial charge in [-0.25, -0.2) is 0 Å². The Morgan fingerprint density at radius 3 is 2.55 bits per heavy atom. The Morgan fingerprint density at radius 2 is 1.90 bits per heavy atom. The van der Waals surface area contributed by atoms with E-state index in [-0.39, 0.29) is 0 Å². The Bertz CT molecular complexity index is 284. The lowest BCUT2D eigenvalue weighted by atomic mass is 10.0. The van der Waals surface area contributed by atoms with Gasteiger partial charge in [0.05, 0.1) is 6.10 Å². The molecule has 2 aliphatic rings. The summed E-state index contributed by atoms with van der Waals surface area (Å²) in [6, 6.07) is 0.473. The molecule has 0 spiro atoms. The second kappa shape index (κ2) is 8.63. The molecule has 1 amide bonds. The maximum atomic E-state index is 12.5. The van der Waals surface area contributed by atoms with E-state index in [1.165, 1.54) is 38.5 Å². The van der Waals surface area contributed by atoms with Crippen molar-refractivity contribution in [3.05, 3.63) is 0 Å². The van der Waals surface area contributed by atoms with Crippen LogP contribution in [0.1, 0.15) is 64.2 Å². The van der Waals surface area contributed by atoms with Crippen LogP contribution in [0.3, 0.4) is 0 Å². The highest BCUT2D eigenvalue weighted by Crippen LogP contribution is 2.25. The Hall–Kier alpha value is -0.610. The molecule has 0 aromatic rings. The molecule has 2 fully saturated rings. The van der Waals surface area contributed by atoms with E-state index < -0.39 is 0 Å². The third-order valence-electron chi connectivity index (χ3n) is 4.64. The first-order chi connectivity index (χ1) is 9.81. The maximum Gasteiger partial charge on any atom is 0.222 e. The standard InChI is InChI=1S/C16H30N2O2/c17-11-5-12-18(14-6-1-2-7-14)16(19)10-9-15-8-3-4-13-20-15/h14-15H,1-13,17H2. The molecular weight excluding hydrogens is 252 g/mol. The Balaban J connectivity index is 1.78. The average Bonchev–Trinajstić information content (AvgIpc) is 3.01. The summed E-state index contributed by atoms with van der Waals surface area (Å²) in [5.41, 5.74) is 5.61. The first-order valence-electron chi connectivity index (χ1n) is 8.42. The van der Waals surface area contributed by atoms with Gasteiger partial charge in [0.1, 0.15) is 0 Å². The van der Waals surface area contributed by atoms with E-state index in [0.717, 1.165) is 32.4 Å². The molecule has 4 nitrogen and oxygen atoms in total. The van der Waals surface area contributed by atoms with E-state index in [4.69, 9.17) is 10.5 Å². The molecule has 0 bridgehead atoms. The van der Waals surface area contributed by atoms with Crippen LogP contribution in [0.15, 0.2) is 0 Å². The van der Waals surface area contributed by atoms with E-state index in [1.807, 2.05) is 0 Å². The van der Waals surface area contributed by atoms with E-state index in [1.54, 1.807) is 0 Å². The molecule has 1 aliphatic carbocycles. The van der Waals surface area contributed by atoms with Crippen molar-refractivity contribution in [2.75, 3.05) is 19.7 Å². The number of hydrogen-bond donors (Lipinski definition) is 1. The van der Waals surface area contributed by atoms with Crippen molar-refractivity contribution >= 4 is 5.91 Å². The number of amides is 1. The van der Waals surface area contributed by atoms with Crippen LogP contribution in [0.4, 0.5) is 0 Å². The summed E-state index contributed by atoms with van der Waals surface area (Å²) < 4.78 is 5.72. The lowest BCUT2D eigenvalue weighted by Crippen LogP contribution is -2.40. The van der Waals surface area contributed by atoms with E-state index in [2.05, 4.69) is 4.90 Å². The van der Waals surface area contributed by atoms with Crippen LogP contribution in [0.2, 0.25) is 0 Å². The van der Waals surface area contributed by atoms with Crippen molar-refractivity contribution in [3.63, 3.8) is 0 Å². The zero-order valence-electron chi connectivity index (χ0n) is 12.7. The minimum atomic E-state index is 0.313. The van der Waals surface area contributed by atoms with Crippen LogP contribution >= 0.6 is 0 Å². The fraction of sp³-hybridized carbons (Fsp3) is 0.938. The van der Waals surface area contributed by atoms with Gasteiger partial charge in [-0.2, -0.15) is 0 Å². The van der Waals surface area contributed by atoms with Crippen molar-refractivity contribution in [2.24, 2.45) is 5.73 Å². The van der Waals surface area contributed by atoms with Crippen molar-refractivity contribution in [1.82, 2.24) is 4.90 Å². The number of hydrogen-bond acceptors (Lipinski definition) is 3. The number of carbonyl (C=O) groups excluding carboxylic acids is 1. The maximum absolute atomic E-state index is 12.5. The predicted octanol–water partition coefficient (Wildman–Crippen LogP) is 2.46. The monoisotopic (exact) mass is 282 g/mol. The lowest BCUT2D eigenvalue weighted by Gasteiger charge is -2.30. The summed E-state index contributed by atoms with van der Waals surface area (Å²) >= 11 is 0. The van der Waals surface area contributed by atoms with Crippen molar-refractivity contribution in [1.29, 1.82) is 0 Å². The smallest absolute Gasteiger partial charge is 0.222 e. The quantitative estimate of drug-likeness (QED) is 0.780. The van der Waals surface area contributed by atoms with E-state index in [0.29, 0.717) is 31.0 Å². The zero-order chi connectivity index (χ0) is 14.2. The minimum absolute atomic E-state index is 0.313. The highest BCUT2D eigenvalue weighted by Gasteiger charge is 2.26. The van der Waals surface area contributed by atoms with Crippen LogP contribution < -0.4 is 5.73 Å². The van der Waals surface area contributed by atoms with Gasteiger partial charge in [0.2, 0.25) is 5.91 Å². The van der Waals surface area contributed by atoms with Crippen LogP contribution in [-0.4, -0.2) is 42.6 Å². The van der Waals surface area contributed by atoms with E-state index >= 15 is 0 Å². The summed E-state index contributed by atoms with van der Waals surface area (Å²) in [7, 11) is 0. The van der Waals surface area contributed by atoms with Gasteiger partial charge in [0, 0.05) is 25.6 Å². The highest BCUT2D eigenvalue weighted by molar-refractivity contribution is 5.76. The Morgan fingerprint density at radius 1 is 1.15 bits per heavy atom. The molecule has 1 unspecified atom stereocenters. The first-order valence-corrected chi connectivity index (χ1v) is 8.42. The number of nitrogens with zero attached hydrogens (tertiary/aromatic N) is 1. The van der Waals surface area contributed by atoms with Gasteiger partial charge in [-0.1, -0.05) is 12.8 Å². The molecule has 1 atom stereocenters. The topological polar surface area (TPSA) is 55.6 Å². The summed E-state index contributed by atoms with van der Waals surface area (Å²) in [5, 5.41) is 0. The predicted molar refractivity (Wildman–Crippen MR) is 80.5 cm³/mol. The molecule has 0 aromatic heterocycles. The van der Waals surface area contributed by atoms with Gasteiger partial charge in [-0.15, -0.1) is 0 Å². The highest BCUT2D eigenvalue weighted by atomic mass is 16.5. The molecule has 1 saturated carbocycles. The molecule has 0 radical (unpaired) electrons. The molecule has 1 saturated heterocycles. The number of nitrogens with two attached hydrogens (primary N) is 1. The Labute approximate surface area is 123 Å². The molecule has 1 aliphatic heterocycles. The van der Waals surface area contributed by atoms with Gasteiger partial charge in [-0.3, -0.25) is 4.79 Å². The van der Waals surface area contributed by atoms with Crippen molar-refractivity contribution in [2.45, 2.75) is 76.4 Å². The summed E-state index contributed by atoms with van der Waals surface area (Å²) in [6.45, 7) is 2.38.